The lowest BCUT2D eigenvalue weighted by Gasteiger charge is -2.26. The van der Waals surface area contributed by atoms with Gasteiger partial charge in [-0.3, -0.25) is 0 Å². The first kappa shape index (κ1) is 34.9. The van der Waals surface area contributed by atoms with Crippen molar-refractivity contribution in [1.82, 2.24) is 0 Å². The summed E-state index contributed by atoms with van der Waals surface area (Å²) in [5, 5.41) is 6.92. The van der Waals surface area contributed by atoms with Gasteiger partial charge in [0.25, 0.3) is 0 Å². The van der Waals surface area contributed by atoms with Gasteiger partial charge in [0.15, 0.2) is 5.58 Å². The van der Waals surface area contributed by atoms with Crippen molar-refractivity contribution in [2.75, 3.05) is 4.90 Å². The van der Waals surface area contributed by atoms with Gasteiger partial charge < -0.3 is 13.7 Å². The summed E-state index contributed by atoms with van der Waals surface area (Å²) < 4.78 is 13.3. The monoisotopic (exact) mass is 779 g/mol. The molecule has 2 aromatic heterocycles. The van der Waals surface area contributed by atoms with Crippen LogP contribution in [0.2, 0.25) is 0 Å². The number of fused-ring (bicyclic) bond motifs is 7. The summed E-state index contributed by atoms with van der Waals surface area (Å²) in [7, 11) is 0. The molecule has 0 N–H and O–H groups in total. The van der Waals surface area contributed by atoms with Gasteiger partial charge in [0.05, 0.1) is 5.69 Å². The lowest BCUT2D eigenvalue weighted by molar-refractivity contribution is 0.669. The fraction of sp³-hybridized carbons (Fsp3) is 0. The number of hydrogen-bond acceptors (Lipinski definition) is 3. The number of anilines is 3. The van der Waals surface area contributed by atoms with E-state index in [1.165, 1.54) is 21.9 Å². The van der Waals surface area contributed by atoms with E-state index in [1.54, 1.807) is 0 Å². The van der Waals surface area contributed by atoms with Crippen LogP contribution in [0.3, 0.4) is 0 Å². The third kappa shape index (κ3) is 5.90. The maximum absolute atomic E-state index is 6.97. The molecule has 12 rings (SSSR count). The van der Waals surface area contributed by atoms with Crippen molar-refractivity contribution in [2.24, 2.45) is 0 Å². The topological polar surface area (TPSA) is 29.5 Å². The molecule has 3 nitrogen and oxygen atoms in total. The Labute approximate surface area is 353 Å². The molecule has 0 atom stereocenters. The first-order valence-electron chi connectivity index (χ1n) is 20.7. The zero-order chi connectivity index (χ0) is 40.3. The van der Waals surface area contributed by atoms with Crippen molar-refractivity contribution in [3.05, 3.63) is 224 Å². The van der Waals surface area contributed by atoms with Gasteiger partial charge in [0, 0.05) is 44.0 Å². The fourth-order valence-corrected chi connectivity index (χ4v) is 9.14. The van der Waals surface area contributed by atoms with E-state index in [-0.39, 0.29) is 0 Å². The highest BCUT2D eigenvalue weighted by Crippen LogP contribution is 2.45. The molecule has 0 radical (unpaired) electrons. The Balaban J connectivity index is 0.954. The molecule has 12 aromatic rings. The molecule has 0 aliphatic heterocycles. The maximum Gasteiger partial charge on any atom is 0.159 e. The van der Waals surface area contributed by atoms with E-state index in [1.807, 2.05) is 18.2 Å². The quantitative estimate of drug-likeness (QED) is 0.161. The molecule has 0 fully saturated rings. The van der Waals surface area contributed by atoms with E-state index in [4.69, 9.17) is 8.83 Å². The summed E-state index contributed by atoms with van der Waals surface area (Å²) in [6, 6.07) is 79.7. The van der Waals surface area contributed by atoms with E-state index < -0.39 is 0 Å². The van der Waals surface area contributed by atoms with Crippen LogP contribution in [-0.4, -0.2) is 0 Å². The minimum atomic E-state index is 0.846. The summed E-state index contributed by atoms with van der Waals surface area (Å²) in [5.74, 6) is 0. The van der Waals surface area contributed by atoms with Crippen molar-refractivity contribution >= 4 is 71.7 Å². The number of nitrogens with zero attached hydrogens (tertiary/aromatic N) is 1. The standard InChI is InChI=1S/C58H37NO2/c1-2-12-41(13-3-1)48-19-10-22-52-53-23-11-24-54(58(53)61-57(48)52)59(45-36-32-42(33-37-45)47-18-8-15-40-14-4-5-16-46(40)47)44-34-30-39(31-35-44)38-26-28-43(29-27-38)49-20-9-21-51-50-17-6-7-25-55(50)60-56(49)51/h1-37H. The molecule has 0 spiro atoms. The van der Waals surface area contributed by atoms with Gasteiger partial charge in [-0.05, 0) is 80.6 Å². The van der Waals surface area contributed by atoms with Crippen LogP contribution in [-0.2, 0) is 0 Å². The lowest BCUT2D eigenvalue weighted by Crippen LogP contribution is -2.10. The molecule has 0 saturated carbocycles. The highest BCUT2D eigenvalue weighted by Gasteiger charge is 2.21. The largest absolute Gasteiger partial charge is 0.455 e. The van der Waals surface area contributed by atoms with Crippen LogP contribution in [0.25, 0.3) is 99.2 Å². The highest BCUT2D eigenvalue weighted by atomic mass is 16.3. The Kier molecular flexibility index (Phi) is 8.17. The molecule has 0 saturated heterocycles. The smallest absolute Gasteiger partial charge is 0.159 e. The highest BCUT2D eigenvalue weighted by molar-refractivity contribution is 6.14. The first-order chi connectivity index (χ1) is 30.2. The number of hydrogen-bond donors (Lipinski definition) is 0. The van der Waals surface area contributed by atoms with Gasteiger partial charge in [-0.1, -0.05) is 188 Å². The van der Waals surface area contributed by atoms with E-state index >= 15 is 0 Å². The molecule has 10 aromatic carbocycles. The fourth-order valence-electron chi connectivity index (χ4n) is 9.14. The molecule has 3 heteroatoms. The van der Waals surface area contributed by atoms with Crippen LogP contribution < -0.4 is 4.90 Å². The number of furan rings is 2. The molecule has 0 unspecified atom stereocenters. The predicted octanol–water partition coefficient (Wildman–Crippen LogP) is 16.8. The summed E-state index contributed by atoms with van der Waals surface area (Å²) in [5.41, 5.74) is 15.7. The van der Waals surface area contributed by atoms with E-state index in [0.29, 0.717) is 0 Å². The molecule has 2 heterocycles. The second-order valence-electron chi connectivity index (χ2n) is 15.6. The van der Waals surface area contributed by atoms with Crippen molar-refractivity contribution in [2.45, 2.75) is 0 Å². The summed E-state index contributed by atoms with van der Waals surface area (Å²) in [6.45, 7) is 0. The van der Waals surface area contributed by atoms with E-state index in [9.17, 15) is 0 Å². The average Bonchev–Trinajstić information content (AvgIpc) is 3.92. The SMILES string of the molecule is c1ccc(-c2cccc3c2oc2c(N(c4ccc(-c5ccc(-c6cccc7c6oc6ccccc67)cc5)cc4)c4ccc(-c5cccc6ccccc56)cc4)cccc23)cc1. The van der Waals surface area contributed by atoms with Crippen LogP contribution in [0, 0.1) is 0 Å². The normalized spacial score (nSPS) is 11.6. The summed E-state index contributed by atoms with van der Waals surface area (Å²) >= 11 is 0. The van der Waals surface area contributed by atoms with E-state index in [2.05, 4.69) is 211 Å². The van der Waals surface area contributed by atoms with Gasteiger partial charge in [-0.15, -0.1) is 0 Å². The minimum absolute atomic E-state index is 0.846. The average molecular weight is 780 g/mol. The molecular weight excluding hydrogens is 743 g/mol. The van der Waals surface area contributed by atoms with Crippen molar-refractivity contribution in [1.29, 1.82) is 0 Å². The van der Waals surface area contributed by atoms with Gasteiger partial charge >= 0.3 is 0 Å². The van der Waals surface area contributed by atoms with Gasteiger partial charge in [0.1, 0.15) is 16.7 Å². The zero-order valence-corrected chi connectivity index (χ0v) is 33.1. The van der Waals surface area contributed by atoms with Crippen LogP contribution in [0.4, 0.5) is 17.1 Å². The third-order valence-electron chi connectivity index (χ3n) is 12.1. The molecule has 286 valence electrons. The Morgan fingerprint density at radius 1 is 0.262 bits per heavy atom. The Morgan fingerprint density at radius 2 is 0.705 bits per heavy atom. The summed E-state index contributed by atoms with van der Waals surface area (Å²) in [4.78, 5) is 2.32. The van der Waals surface area contributed by atoms with Crippen molar-refractivity contribution in [3.63, 3.8) is 0 Å². The zero-order valence-electron chi connectivity index (χ0n) is 33.1. The molecule has 0 amide bonds. The first-order valence-corrected chi connectivity index (χ1v) is 20.7. The van der Waals surface area contributed by atoms with Gasteiger partial charge in [-0.2, -0.15) is 0 Å². The van der Waals surface area contributed by atoms with Crippen molar-refractivity contribution < 1.29 is 8.83 Å². The Hall–Kier alpha value is -8.14. The molecular formula is C58H37NO2. The number of para-hydroxylation sites is 4. The van der Waals surface area contributed by atoms with Crippen molar-refractivity contribution in [3.8, 4) is 44.5 Å². The molecule has 61 heavy (non-hydrogen) atoms. The second kappa shape index (κ2) is 14.3. The molecule has 0 bridgehead atoms. The Morgan fingerprint density at radius 3 is 1.43 bits per heavy atom. The van der Waals surface area contributed by atoms with Gasteiger partial charge in [0.2, 0.25) is 0 Å². The maximum atomic E-state index is 6.97. The van der Waals surface area contributed by atoms with E-state index in [0.717, 1.165) is 94.3 Å². The predicted molar refractivity (Wildman–Crippen MR) is 255 cm³/mol. The van der Waals surface area contributed by atoms with Gasteiger partial charge in [-0.25, -0.2) is 0 Å². The number of rotatable bonds is 7. The second-order valence-corrected chi connectivity index (χ2v) is 15.6. The Bertz CT molecular complexity index is 3560. The van der Waals surface area contributed by atoms with Crippen LogP contribution in [0.1, 0.15) is 0 Å². The summed E-state index contributed by atoms with van der Waals surface area (Å²) in [6.07, 6.45) is 0. The van der Waals surface area contributed by atoms with Crippen LogP contribution in [0.5, 0.6) is 0 Å². The molecule has 0 aliphatic rings. The minimum Gasteiger partial charge on any atom is -0.455 e. The molecule has 0 aliphatic carbocycles. The van der Waals surface area contributed by atoms with Crippen LogP contribution >= 0.6 is 0 Å². The van der Waals surface area contributed by atoms with Crippen LogP contribution in [0.15, 0.2) is 233 Å². The lowest BCUT2D eigenvalue weighted by atomic mass is 9.97. The number of benzene rings is 10. The third-order valence-corrected chi connectivity index (χ3v) is 12.1.